The van der Waals surface area contributed by atoms with E-state index in [1.54, 1.807) is 18.2 Å². The van der Waals surface area contributed by atoms with Gasteiger partial charge < -0.3 is 14.2 Å². The van der Waals surface area contributed by atoms with E-state index >= 15 is 0 Å². The summed E-state index contributed by atoms with van der Waals surface area (Å²) in [7, 11) is 0. The molecular formula is C14H15Cl3O4. The van der Waals surface area contributed by atoms with Crippen molar-refractivity contribution in [3.8, 4) is 11.5 Å². The van der Waals surface area contributed by atoms with Gasteiger partial charge in [0.25, 0.3) is 0 Å². The van der Waals surface area contributed by atoms with Crippen molar-refractivity contribution in [3.63, 3.8) is 0 Å². The third-order valence-electron chi connectivity index (χ3n) is 2.24. The number of benzene rings is 1. The molecule has 7 heteroatoms. The van der Waals surface area contributed by atoms with Gasteiger partial charge in [0, 0.05) is 19.4 Å². The van der Waals surface area contributed by atoms with E-state index in [-0.39, 0.29) is 17.1 Å². The molecule has 0 spiro atoms. The van der Waals surface area contributed by atoms with Crippen LogP contribution in [0.2, 0.25) is 5.02 Å². The second kappa shape index (κ2) is 9.77. The topological polar surface area (TPSA) is 44.8 Å². The summed E-state index contributed by atoms with van der Waals surface area (Å²) in [5, 5.41) is 0.431. The summed E-state index contributed by atoms with van der Waals surface area (Å²) in [5.41, 5.74) is 0. The molecular weight excluding hydrogens is 339 g/mol. The summed E-state index contributed by atoms with van der Waals surface area (Å²) in [6.45, 7) is 2.34. The third kappa shape index (κ3) is 8.05. The lowest BCUT2D eigenvalue weighted by Crippen LogP contribution is -2.06. The molecule has 1 aromatic rings. The van der Waals surface area contributed by atoms with E-state index in [4.69, 9.17) is 49.0 Å². The first-order valence-electron chi connectivity index (χ1n) is 6.18. The number of rotatable bonds is 8. The smallest absolute Gasteiger partial charge is 0.302 e. The molecule has 0 radical (unpaired) electrons. The second-order valence-corrected chi connectivity index (χ2v) is 5.35. The predicted octanol–water partition coefficient (Wildman–Crippen LogP) is 4.37. The number of esters is 1. The van der Waals surface area contributed by atoms with Crippen LogP contribution < -0.4 is 9.47 Å². The monoisotopic (exact) mass is 352 g/mol. The first kappa shape index (κ1) is 18.0. The Bertz CT molecular complexity index is 499. The fraction of sp³-hybridized carbons (Fsp3) is 0.357. The van der Waals surface area contributed by atoms with E-state index in [1.165, 1.54) is 13.0 Å². The van der Waals surface area contributed by atoms with E-state index in [1.807, 2.05) is 0 Å². The summed E-state index contributed by atoms with van der Waals surface area (Å²) >= 11 is 17.0. The van der Waals surface area contributed by atoms with Gasteiger partial charge in [-0.25, -0.2) is 0 Å². The fourth-order valence-electron chi connectivity index (χ4n) is 1.35. The molecule has 1 aromatic carbocycles. The molecule has 0 unspecified atom stereocenters. The van der Waals surface area contributed by atoms with Gasteiger partial charge in [-0.15, -0.1) is 0 Å². The minimum Gasteiger partial charge on any atom is -0.492 e. The summed E-state index contributed by atoms with van der Waals surface area (Å²) in [6.07, 6.45) is 2.11. The molecule has 116 valence electrons. The highest BCUT2D eigenvalue weighted by molar-refractivity contribution is 6.55. The zero-order valence-corrected chi connectivity index (χ0v) is 13.7. The van der Waals surface area contributed by atoms with E-state index in [0.29, 0.717) is 36.2 Å². The summed E-state index contributed by atoms with van der Waals surface area (Å²) in [6, 6.07) is 5.07. The number of hydrogen-bond acceptors (Lipinski definition) is 4. The molecule has 0 aromatic heterocycles. The van der Waals surface area contributed by atoms with Gasteiger partial charge in [-0.2, -0.15) is 0 Å². The second-order valence-electron chi connectivity index (χ2n) is 3.94. The van der Waals surface area contributed by atoms with Crippen molar-refractivity contribution in [2.45, 2.75) is 13.3 Å². The average molecular weight is 354 g/mol. The zero-order chi connectivity index (χ0) is 15.7. The van der Waals surface area contributed by atoms with Crippen LogP contribution in [-0.4, -0.2) is 25.8 Å². The Morgan fingerprint density at radius 2 is 2.00 bits per heavy atom. The van der Waals surface area contributed by atoms with Crippen LogP contribution in [0, 0.1) is 0 Å². The summed E-state index contributed by atoms with van der Waals surface area (Å²) < 4.78 is 15.8. The van der Waals surface area contributed by atoms with Crippen molar-refractivity contribution in [1.82, 2.24) is 0 Å². The maximum absolute atomic E-state index is 10.6. The van der Waals surface area contributed by atoms with Crippen LogP contribution in [0.3, 0.4) is 0 Å². The molecule has 0 aliphatic carbocycles. The number of hydrogen-bond donors (Lipinski definition) is 0. The SMILES string of the molecule is CC(=O)OCCCOc1ccc(OCC=C(Cl)Cl)cc1Cl. The molecule has 0 atom stereocenters. The maximum Gasteiger partial charge on any atom is 0.302 e. The van der Waals surface area contributed by atoms with Gasteiger partial charge in [0.15, 0.2) is 0 Å². The first-order chi connectivity index (χ1) is 9.99. The molecule has 0 saturated heterocycles. The molecule has 0 aliphatic rings. The first-order valence-corrected chi connectivity index (χ1v) is 7.32. The van der Waals surface area contributed by atoms with E-state index in [9.17, 15) is 4.79 Å². The van der Waals surface area contributed by atoms with Crippen LogP contribution in [-0.2, 0) is 9.53 Å². The highest BCUT2D eigenvalue weighted by Crippen LogP contribution is 2.29. The Hall–Kier alpha value is -1.10. The Morgan fingerprint density at radius 3 is 2.62 bits per heavy atom. The van der Waals surface area contributed by atoms with Crippen LogP contribution >= 0.6 is 34.8 Å². The number of carbonyl (C=O) groups is 1. The van der Waals surface area contributed by atoms with E-state index in [2.05, 4.69) is 0 Å². The Kier molecular flexibility index (Phi) is 8.35. The molecule has 0 aliphatic heterocycles. The van der Waals surface area contributed by atoms with Crippen molar-refractivity contribution < 1.29 is 19.0 Å². The van der Waals surface area contributed by atoms with Crippen LogP contribution in [0.1, 0.15) is 13.3 Å². The van der Waals surface area contributed by atoms with Crippen molar-refractivity contribution in [1.29, 1.82) is 0 Å². The van der Waals surface area contributed by atoms with Gasteiger partial charge in [0.2, 0.25) is 0 Å². The Morgan fingerprint density at radius 1 is 1.24 bits per heavy atom. The fourth-order valence-corrected chi connectivity index (χ4v) is 1.70. The van der Waals surface area contributed by atoms with Crippen molar-refractivity contribution >= 4 is 40.8 Å². The maximum atomic E-state index is 10.6. The number of halogens is 3. The molecule has 0 bridgehead atoms. The van der Waals surface area contributed by atoms with Crippen molar-refractivity contribution in [2.75, 3.05) is 19.8 Å². The molecule has 0 saturated carbocycles. The van der Waals surface area contributed by atoms with Gasteiger partial charge in [0.05, 0.1) is 18.2 Å². The molecule has 0 N–H and O–H groups in total. The third-order valence-corrected chi connectivity index (χ3v) is 2.85. The highest BCUT2D eigenvalue weighted by Gasteiger charge is 2.04. The standard InChI is InChI=1S/C14H15Cl3O4/c1-10(18)19-6-2-7-21-13-4-3-11(9-12(13)15)20-8-5-14(16)17/h3-5,9H,2,6-8H2,1H3. The summed E-state index contributed by atoms with van der Waals surface area (Å²) in [5.74, 6) is 0.816. The van der Waals surface area contributed by atoms with Crippen LogP contribution in [0.4, 0.5) is 0 Å². The van der Waals surface area contributed by atoms with Crippen LogP contribution in [0.25, 0.3) is 0 Å². The lowest BCUT2D eigenvalue weighted by Gasteiger charge is -2.10. The molecule has 0 fully saturated rings. The quantitative estimate of drug-likeness (QED) is 0.514. The molecule has 21 heavy (non-hydrogen) atoms. The van der Waals surface area contributed by atoms with Crippen LogP contribution in [0.5, 0.6) is 11.5 Å². The van der Waals surface area contributed by atoms with E-state index in [0.717, 1.165) is 0 Å². The molecule has 4 nitrogen and oxygen atoms in total. The van der Waals surface area contributed by atoms with E-state index < -0.39 is 0 Å². The largest absolute Gasteiger partial charge is 0.492 e. The Balaban J connectivity index is 2.39. The number of ether oxygens (including phenoxy) is 3. The summed E-state index contributed by atoms with van der Waals surface area (Å²) in [4.78, 5) is 10.6. The molecule has 0 amide bonds. The van der Waals surface area contributed by atoms with Crippen molar-refractivity contribution in [2.24, 2.45) is 0 Å². The lowest BCUT2D eigenvalue weighted by atomic mass is 10.3. The highest BCUT2D eigenvalue weighted by atomic mass is 35.5. The van der Waals surface area contributed by atoms with Gasteiger partial charge in [-0.3, -0.25) is 4.79 Å². The zero-order valence-electron chi connectivity index (χ0n) is 11.4. The van der Waals surface area contributed by atoms with Crippen molar-refractivity contribution in [3.05, 3.63) is 33.8 Å². The molecule has 1 rings (SSSR count). The van der Waals surface area contributed by atoms with Gasteiger partial charge in [0.1, 0.15) is 22.6 Å². The van der Waals surface area contributed by atoms with Gasteiger partial charge >= 0.3 is 5.97 Å². The normalized spacial score (nSPS) is 9.90. The van der Waals surface area contributed by atoms with Crippen LogP contribution in [0.15, 0.2) is 28.8 Å². The minimum atomic E-state index is -0.305. The number of carbonyl (C=O) groups excluding carboxylic acids is 1. The van der Waals surface area contributed by atoms with Gasteiger partial charge in [-0.1, -0.05) is 34.8 Å². The minimum absolute atomic E-state index is 0.147. The van der Waals surface area contributed by atoms with Gasteiger partial charge in [-0.05, 0) is 18.2 Å². The molecule has 0 heterocycles. The Labute approximate surface area is 138 Å². The lowest BCUT2D eigenvalue weighted by molar-refractivity contribution is -0.141. The predicted molar refractivity (Wildman–Crippen MR) is 83.5 cm³/mol. The average Bonchev–Trinajstić information content (AvgIpc) is 2.39.